The summed E-state index contributed by atoms with van der Waals surface area (Å²) in [5, 5.41) is 32.8. The summed E-state index contributed by atoms with van der Waals surface area (Å²) in [6, 6.07) is 15.9. The number of carbonyl (C=O) groups excluding carboxylic acids is 4. The fourth-order valence-electron chi connectivity index (χ4n) is 6.77. The van der Waals surface area contributed by atoms with Crippen molar-refractivity contribution < 1.29 is 52.9 Å². The number of aliphatic imine (C=N–C) groups is 1. The summed E-state index contributed by atoms with van der Waals surface area (Å²) in [5.74, 6) is -1.66. The summed E-state index contributed by atoms with van der Waals surface area (Å²) in [5.41, 5.74) is 1.23. The molecule has 3 heterocycles. The number of hydrogen-bond donors (Lipinski definition) is 0. The van der Waals surface area contributed by atoms with Crippen LogP contribution in [0.4, 0.5) is 26.7 Å². The highest BCUT2D eigenvalue weighted by molar-refractivity contribution is 8.03. The molecule has 0 saturated carbocycles. The standard InChI is InChI=1S/C38H36N6O14S/c1-22(58-38(48)57-21-26-7-13-29(14-8-26)44(53)54)33-31-17-32(34(41(31)35(33)45)36(46)55-19-24-3-9-27(10-4-24)42(49)50)59-30-15-16-40(18-30)23(2)39-37(47)56-20-25-5-11-28(12-6-25)43(51)52/h3-14,22,30-31,33H,15-21H2,1-2H3/t22-,30+,31-,33-/m1/s1. The third-order valence-electron chi connectivity index (χ3n) is 9.84. The van der Waals surface area contributed by atoms with Crippen LogP contribution >= 0.6 is 11.8 Å². The minimum Gasteiger partial charge on any atom is -0.456 e. The highest BCUT2D eigenvalue weighted by atomic mass is 32.2. The second-order valence-electron chi connectivity index (χ2n) is 13.7. The maximum Gasteiger partial charge on any atom is 0.508 e. The van der Waals surface area contributed by atoms with Crippen molar-refractivity contribution in [3.63, 3.8) is 0 Å². The van der Waals surface area contributed by atoms with Gasteiger partial charge in [0.2, 0.25) is 5.91 Å². The van der Waals surface area contributed by atoms with E-state index in [1.165, 1.54) is 89.5 Å². The van der Waals surface area contributed by atoms with E-state index >= 15 is 0 Å². The molecule has 0 N–H and O–H groups in total. The largest absolute Gasteiger partial charge is 0.508 e. The van der Waals surface area contributed by atoms with Gasteiger partial charge in [0.1, 0.15) is 37.5 Å². The summed E-state index contributed by atoms with van der Waals surface area (Å²) in [6.45, 7) is 3.58. The maximum atomic E-state index is 13.7. The van der Waals surface area contributed by atoms with Crippen molar-refractivity contribution in [2.75, 3.05) is 13.1 Å². The molecule has 2 amide bonds. The van der Waals surface area contributed by atoms with Crippen LogP contribution in [0.15, 0.2) is 88.4 Å². The van der Waals surface area contributed by atoms with Crippen molar-refractivity contribution in [2.45, 2.75) is 63.9 Å². The first-order chi connectivity index (χ1) is 28.2. The molecule has 3 aromatic carbocycles. The van der Waals surface area contributed by atoms with Crippen LogP contribution in [0.5, 0.6) is 0 Å². The first-order valence-corrected chi connectivity index (χ1v) is 19.0. The number of amides is 2. The van der Waals surface area contributed by atoms with Gasteiger partial charge in [-0.15, -0.1) is 11.8 Å². The molecule has 4 atom stereocenters. The van der Waals surface area contributed by atoms with Crippen LogP contribution in [0, 0.1) is 36.3 Å². The lowest BCUT2D eigenvalue weighted by Gasteiger charge is -2.45. The quantitative estimate of drug-likeness (QED) is 0.0333. The van der Waals surface area contributed by atoms with Gasteiger partial charge in [0.15, 0.2) is 0 Å². The average molecular weight is 833 g/mol. The number of rotatable bonds is 14. The molecule has 0 bridgehead atoms. The Bertz CT molecular complexity index is 2210. The lowest BCUT2D eigenvalue weighted by atomic mass is 9.83. The fraction of sp³-hybridized carbons (Fsp3) is 0.342. The van der Waals surface area contributed by atoms with Crippen molar-refractivity contribution in [1.29, 1.82) is 0 Å². The predicted molar refractivity (Wildman–Crippen MR) is 206 cm³/mol. The second kappa shape index (κ2) is 18.1. The van der Waals surface area contributed by atoms with Crippen LogP contribution in [0.2, 0.25) is 0 Å². The number of non-ortho nitro benzene ring substituents is 3. The Morgan fingerprint density at radius 1 is 0.797 bits per heavy atom. The molecular weight excluding hydrogens is 797 g/mol. The van der Waals surface area contributed by atoms with E-state index in [0.29, 0.717) is 46.9 Å². The number of nitro benzene ring substituents is 3. The SMILES string of the molecule is CC(=NC(=O)OCc1ccc([N+](=O)[O-])cc1)N1CC[C@H](SC2=C(C(=O)OCc3ccc([N+](=O)[O-])cc3)N3C(=O)[C@H]([C@@H](C)OC(=O)OCc4ccc([N+](=O)[O-])cc4)[C@H]3C2)C1. The number of benzene rings is 3. The monoisotopic (exact) mass is 832 g/mol. The van der Waals surface area contributed by atoms with Gasteiger partial charge >= 0.3 is 18.2 Å². The van der Waals surface area contributed by atoms with Gasteiger partial charge in [-0.25, -0.2) is 14.4 Å². The number of β-lactam (4-membered cyclic amide) rings is 1. The van der Waals surface area contributed by atoms with Crippen molar-refractivity contribution in [2.24, 2.45) is 10.9 Å². The molecule has 6 rings (SSSR count). The molecule has 0 aliphatic carbocycles. The number of carbonyl (C=O) groups is 4. The molecule has 308 valence electrons. The number of fused-ring (bicyclic) bond motifs is 1. The summed E-state index contributed by atoms with van der Waals surface area (Å²) < 4.78 is 21.5. The molecule has 0 radical (unpaired) electrons. The molecule has 2 fully saturated rings. The van der Waals surface area contributed by atoms with Crippen LogP contribution in [-0.4, -0.2) is 85.0 Å². The normalized spacial score (nSPS) is 19.1. The van der Waals surface area contributed by atoms with E-state index in [0.717, 1.165) is 0 Å². The van der Waals surface area contributed by atoms with Gasteiger partial charge < -0.3 is 28.7 Å². The Balaban J connectivity index is 1.09. The first kappa shape index (κ1) is 41.7. The molecule has 0 spiro atoms. The van der Waals surface area contributed by atoms with E-state index in [4.69, 9.17) is 18.9 Å². The molecule has 59 heavy (non-hydrogen) atoms. The van der Waals surface area contributed by atoms with Crippen molar-refractivity contribution in [3.05, 3.63) is 130 Å². The lowest BCUT2D eigenvalue weighted by Crippen LogP contribution is -2.62. The number of esters is 1. The topological polar surface area (TPSA) is 253 Å². The van der Waals surface area contributed by atoms with Crippen LogP contribution < -0.4 is 0 Å². The molecule has 0 unspecified atom stereocenters. The minimum atomic E-state index is -1.05. The molecule has 3 aromatic rings. The van der Waals surface area contributed by atoms with Crippen LogP contribution in [0.1, 0.15) is 43.4 Å². The lowest BCUT2D eigenvalue weighted by molar-refractivity contribution is -0.385. The molecule has 2 saturated heterocycles. The summed E-state index contributed by atoms with van der Waals surface area (Å²) in [7, 11) is 0. The van der Waals surface area contributed by atoms with Crippen LogP contribution in [-0.2, 0) is 48.4 Å². The molecule has 3 aliphatic heterocycles. The number of ether oxygens (including phenoxy) is 4. The van der Waals surface area contributed by atoms with Crippen molar-refractivity contribution >= 4 is 58.8 Å². The van der Waals surface area contributed by atoms with Crippen LogP contribution in [0.3, 0.4) is 0 Å². The van der Waals surface area contributed by atoms with E-state index < -0.39 is 57.0 Å². The van der Waals surface area contributed by atoms with E-state index in [1.54, 1.807) is 13.8 Å². The molecule has 3 aliphatic rings. The Morgan fingerprint density at radius 2 is 1.29 bits per heavy atom. The Kier molecular flexibility index (Phi) is 12.8. The zero-order valence-corrected chi connectivity index (χ0v) is 32.3. The summed E-state index contributed by atoms with van der Waals surface area (Å²) in [4.78, 5) is 91.6. The molecular formula is C38H36N6O14S. The Morgan fingerprint density at radius 3 is 1.80 bits per heavy atom. The number of nitrogens with zero attached hydrogens (tertiary/aromatic N) is 6. The first-order valence-electron chi connectivity index (χ1n) is 18.1. The average Bonchev–Trinajstić information content (AvgIpc) is 3.81. The number of amidine groups is 1. The number of thioether (sulfide) groups is 1. The molecule has 21 heteroatoms. The van der Waals surface area contributed by atoms with Crippen molar-refractivity contribution in [3.8, 4) is 0 Å². The van der Waals surface area contributed by atoms with Gasteiger partial charge in [-0.2, -0.15) is 4.99 Å². The zero-order chi connectivity index (χ0) is 42.4. The van der Waals surface area contributed by atoms with Gasteiger partial charge in [-0.1, -0.05) is 0 Å². The van der Waals surface area contributed by atoms with Crippen molar-refractivity contribution in [1.82, 2.24) is 9.80 Å². The van der Waals surface area contributed by atoms with Gasteiger partial charge in [0.05, 0.1) is 26.7 Å². The smallest absolute Gasteiger partial charge is 0.456 e. The molecule has 0 aromatic heterocycles. The predicted octanol–water partition coefficient (Wildman–Crippen LogP) is 6.20. The van der Waals surface area contributed by atoms with Gasteiger partial charge in [-0.05, 0) is 73.4 Å². The number of nitro groups is 3. The van der Waals surface area contributed by atoms with E-state index in [-0.39, 0.29) is 54.3 Å². The highest BCUT2D eigenvalue weighted by Crippen LogP contribution is 2.49. The summed E-state index contributed by atoms with van der Waals surface area (Å²) in [6.07, 6.45) is -1.95. The van der Waals surface area contributed by atoms with Gasteiger partial charge in [0, 0.05) is 66.1 Å². The van der Waals surface area contributed by atoms with Gasteiger partial charge in [0.25, 0.3) is 17.1 Å². The molecule has 20 nitrogen and oxygen atoms in total. The maximum absolute atomic E-state index is 13.7. The minimum absolute atomic E-state index is 0.0507. The Labute approximate surface area is 339 Å². The zero-order valence-electron chi connectivity index (χ0n) is 31.5. The van der Waals surface area contributed by atoms with E-state index in [1.807, 2.05) is 4.90 Å². The van der Waals surface area contributed by atoms with Crippen LogP contribution in [0.25, 0.3) is 0 Å². The van der Waals surface area contributed by atoms with E-state index in [9.17, 15) is 49.5 Å². The second-order valence-corrected chi connectivity index (χ2v) is 15.1. The number of likely N-dealkylation sites (tertiary alicyclic amines) is 1. The Hall–Kier alpha value is -6.90. The highest BCUT2D eigenvalue weighted by Gasteiger charge is 2.58. The summed E-state index contributed by atoms with van der Waals surface area (Å²) >= 11 is 1.39. The third kappa shape index (κ3) is 9.98. The number of hydrogen-bond acceptors (Lipinski definition) is 15. The third-order valence-corrected chi connectivity index (χ3v) is 11.2. The fourth-order valence-corrected chi connectivity index (χ4v) is 8.21. The van der Waals surface area contributed by atoms with Gasteiger partial charge in [-0.3, -0.25) is 35.1 Å². The van der Waals surface area contributed by atoms with E-state index in [2.05, 4.69) is 4.99 Å².